The third-order valence-electron chi connectivity index (χ3n) is 3.48. The fourth-order valence-corrected chi connectivity index (χ4v) is 4.00. The van der Waals surface area contributed by atoms with Crippen molar-refractivity contribution < 1.29 is 13.2 Å². The van der Waals surface area contributed by atoms with Crippen molar-refractivity contribution >= 4 is 10.0 Å². The number of aromatic nitrogens is 1. The highest BCUT2D eigenvalue weighted by atomic mass is 32.2. The molecule has 2 aliphatic heterocycles. The number of sulfonamides is 1. The summed E-state index contributed by atoms with van der Waals surface area (Å²) in [4.78, 5) is 6.39. The quantitative estimate of drug-likeness (QED) is 0.840. The maximum Gasteiger partial charge on any atom is 0.246 e. The minimum atomic E-state index is -3.54. The lowest BCUT2D eigenvalue weighted by molar-refractivity contribution is 0.178. The highest BCUT2D eigenvalue weighted by Crippen LogP contribution is 2.28. The number of hydrogen-bond acceptors (Lipinski definition) is 5. The van der Waals surface area contributed by atoms with Gasteiger partial charge in [-0.1, -0.05) is 6.92 Å². The highest BCUT2D eigenvalue weighted by Gasteiger charge is 2.41. The van der Waals surface area contributed by atoms with Crippen LogP contribution in [0.3, 0.4) is 0 Å². The van der Waals surface area contributed by atoms with Crippen molar-refractivity contribution in [2.45, 2.75) is 30.4 Å². The Labute approximate surface area is 112 Å². The summed E-state index contributed by atoms with van der Waals surface area (Å²) in [6.45, 7) is 4.48. The summed E-state index contributed by atoms with van der Waals surface area (Å²) in [5.41, 5.74) is 0. The van der Waals surface area contributed by atoms with Crippen LogP contribution in [0.25, 0.3) is 0 Å². The molecule has 7 heteroatoms. The Hall–Kier alpha value is -1.18. The summed E-state index contributed by atoms with van der Waals surface area (Å²) < 4.78 is 33.0. The van der Waals surface area contributed by atoms with Crippen molar-refractivity contribution in [2.24, 2.45) is 0 Å². The first-order valence-electron chi connectivity index (χ1n) is 6.46. The van der Waals surface area contributed by atoms with Gasteiger partial charge in [0.1, 0.15) is 11.0 Å². The number of ether oxygens (including phenoxy) is 1. The second-order valence-electron chi connectivity index (χ2n) is 4.95. The Morgan fingerprint density at radius 2 is 2.37 bits per heavy atom. The third-order valence-corrected chi connectivity index (χ3v) is 4.98. The number of hydrogen-bond donors (Lipinski definition) is 1. The molecule has 104 valence electrons. The average molecular weight is 283 g/mol. The van der Waals surface area contributed by atoms with Crippen LogP contribution in [0.1, 0.15) is 13.3 Å². The summed E-state index contributed by atoms with van der Waals surface area (Å²) in [5, 5.41) is 0. The molecule has 1 fully saturated rings. The van der Waals surface area contributed by atoms with Gasteiger partial charge in [0.25, 0.3) is 0 Å². The number of likely N-dealkylation sites (tertiary alicyclic amines) is 1. The molecule has 0 aliphatic carbocycles. The van der Waals surface area contributed by atoms with Crippen LogP contribution < -0.4 is 9.46 Å². The van der Waals surface area contributed by atoms with Crippen molar-refractivity contribution in [3.8, 4) is 5.88 Å². The van der Waals surface area contributed by atoms with Gasteiger partial charge in [-0.2, -0.15) is 0 Å². The van der Waals surface area contributed by atoms with Gasteiger partial charge in [0, 0.05) is 19.3 Å². The molecule has 2 atom stereocenters. The van der Waals surface area contributed by atoms with Crippen molar-refractivity contribution in [2.75, 3.05) is 19.6 Å². The monoisotopic (exact) mass is 283 g/mol. The lowest BCUT2D eigenvalue weighted by Gasteiger charge is -2.15. The van der Waals surface area contributed by atoms with Crippen LogP contribution in [0.2, 0.25) is 0 Å². The summed E-state index contributed by atoms with van der Waals surface area (Å²) in [6.07, 6.45) is 2.42. The van der Waals surface area contributed by atoms with Gasteiger partial charge in [-0.05, 0) is 25.1 Å². The lowest BCUT2D eigenvalue weighted by atomic mass is 10.2. The van der Waals surface area contributed by atoms with Crippen molar-refractivity contribution in [3.05, 3.63) is 18.3 Å². The van der Waals surface area contributed by atoms with E-state index in [1.807, 2.05) is 0 Å². The van der Waals surface area contributed by atoms with Gasteiger partial charge in [-0.15, -0.1) is 0 Å². The molecule has 1 aromatic heterocycles. The minimum absolute atomic E-state index is 0.131. The molecule has 3 heterocycles. The predicted molar refractivity (Wildman–Crippen MR) is 69.5 cm³/mol. The Morgan fingerprint density at radius 3 is 3.16 bits per heavy atom. The molecular formula is C12H17N3O3S. The van der Waals surface area contributed by atoms with Crippen LogP contribution in [0, 0.1) is 0 Å². The fourth-order valence-electron chi connectivity index (χ4n) is 2.66. The summed E-state index contributed by atoms with van der Waals surface area (Å²) in [6, 6.07) is 2.92. The van der Waals surface area contributed by atoms with Crippen LogP contribution in [0.15, 0.2) is 23.2 Å². The van der Waals surface area contributed by atoms with Crippen LogP contribution in [0.4, 0.5) is 0 Å². The number of nitrogens with one attached hydrogen (secondary N) is 1. The zero-order chi connectivity index (χ0) is 13.5. The summed E-state index contributed by atoms with van der Waals surface area (Å²) in [7, 11) is -3.54. The topological polar surface area (TPSA) is 71.5 Å². The Bertz CT molecular complexity index is 575. The first kappa shape index (κ1) is 12.8. The second-order valence-corrected chi connectivity index (χ2v) is 6.63. The lowest BCUT2D eigenvalue weighted by Crippen LogP contribution is -2.42. The molecule has 1 aromatic rings. The van der Waals surface area contributed by atoms with Crippen LogP contribution >= 0.6 is 0 Å². The molecule has 0 aromatic carbocycles. The maximum atomic E-state index is 12.3. The fraction of sp³-hybridized carbons (Fsp3) is 0.583. The molecule has 0 unspecified atom stereocenters. The first-order chi connectivity index (χ1) is 9.10. The Kier molecular flexibility index (Phi) is 3.20. The van der Waals surface area contributed by atoms with E-state index >= 15 is 0 Å². The molecule has 0 bridgehead atoms. The summed E-state index contributed by atoms with van der Waals surface area (Å²) in [5.74, 6) is 0.209. The Morgan fingerprint density at radius 1 is 1.53 bits per heavy atom. The number of pyridine rings is 1. The van der Waals surface area contributed by atoms with E-state index in [0.29, 0.717) is 6.54 Å². The van der Waals surface area contributed by atoms with Crippen LogP contribution in [-0.2, 0) is 10.0 Å². The molecule has 6 nitrogen and oxygen atoms in total. The second kappa shape index (κ2) is 4.73. The molecule has 0 amide bonds. The third kappa shape index (κ3) is 2.33. The molecule has 0 radical (unpaired) electrons. The van der Waals surface area contributed by atoms with Gasteiger partial charge >= 0.3 is 0 Å². The number of rotatable bonds is 2. The van der Waals surface area contributed by atoms with Gasteiger partial charge in [-0.25, -0.2) is 18.1 Å². The Balaban J connectivity index is 1.93. The maximum absolute atomic E-state index is 12.3. The molecule has 3 rings (SSSR count). The van der Waals surface area contributed by atoms with Crippen LogP contribution in [-0.4, -0.2) is 50.1 Å². The first-order valence-corrected chi connectivity index (χ1v) is 7.95. The normalized spacial score (nSPS) is 29.1. The van der Waals surface area contributed by atoms with Crippen LogP contribution in [0.5, 0.6) is 5.88 Å². The van der Waals surface area contributed by atoms with Gasteiger partial charge in [0.05, 0.1) is 6.04 Å². The zero-order valence-corrected chi connectivity index (χ0v) is 11.6. The number of fused-ring (bicyclic) bond motifs is 2. The van der Waals surface area contributed by atoms with E-state index < -0.39 is 10.0 Å². The van der Waals surface area contributed by atoms with E-state index in [1.54, 1.807) is 12.3 Å². The molecule has 0 saturated carbocycles. The SMILES string of the molecule is CCCN1C[C@@H]2Oc3ncccc3S(=O)(=O)N[C@@H]2C1. The van der Waals surface area contributed by atoms with E-state index in [1.165, 1.54) is 6.07 Å². The van der Waals surface area contributed by atoms with Crippen molar-refractivity contribution in [1.82, 2.24) is 14.6 Å². The van der Waals surface area contributed by atoms with Crippen molar-refractivity contribution in [3.63, 3.8) is 0 Å². The number of nitrogens with zero attached hydrogens (tertiary/aromatic N) is 2. The van der Waals surface area contributed by atoms with Gasteiger partial charge in [-0.3, -0.25) is 4.90 Å². The van der Waals surface area contributed by atoms with E-state index in [-0.39, 0.29) is 22.9 Å². The van der Waals surface area contributed by atoms with E-state index in [4.69, 9.17) is 4.74 Å². The molecule has 1 N–H and O–H groups in total. The van der Waals surface area contributed by atoms with Crippen molar-refractivity contribution in [1.29, 1.82) is 0 Å². The van der Waals surface area contributed by atoms with Gasteiger partial charge < -0.3 is 4.74 Å². The summed E-state index contributed by atoms with van der Waals surface area (Å²) >= 11 is 0. The van der Waals surface area contributed by atoms with Gasteiger partial charge in [0.2, 0.25) is 15.9 Å². The van der Waals surface area contributed by atoms with E-state index in [2.05, 4.69) is 21.5 Å². The standard InChI is InChI=1S/C12H17N3O3S/c1-2-6-15-7-9-10(8-15)18-12-11(4-3-5-13-12)19(16,17)14-9/h3-5,9-10,14H,2,6-8H2,1H3/t9-,10+/m1/s1. The molecular weight excluding hydrogens is 266 g/mol. The zero-order valence-electron chi connectivity index (χ0n) is 10.7. The minimum Gasteiger partial charge on any atom is -0.470 e. The van der Waals surface area contributed by atoms with Gasteiger partial charge in [0.15, 0.2) is 0 Å². The van der Waals surface area contributed by atoms with E-state index in [9.17, 15) is 8.42 Å². The average Bonchev–Trinajstić information content (AvgIpc) is 2.67. The molecule has 19 heavy (non-hydrogen) atoms. The molecule has 1 saturated heterocycles. The van der Waals surface area contributed by atoms with E-state index in [0.717, 1.165) is 19.5 Å². The smallest absolute Gasteiger partial charge is 0.246 e. The molecule has 2 aliphatic rings. The highest BCUT2D eigenvalue weighted by molar-refractivity contribution is 7.89. The largest absolute Gasteiger partial charge is 0.470 e. The predicted octanol–water partition coefficient (Wildman–Crippen LogP) is 0.215. The molecule has 0 spiro atoms.